The van der Waals surface area contributed by atoms with E-state index in [2.05, 4.69) is 10.6 Å². The third-order valence-electron chi connectivity index (χ3n) is 3.60. The highest BCUT2D eigenvalue weighted by molar-refractivity contribution is 6.31. The highest BCUT2D eigenvalue weighted by Gasteiger charge is 2.12. The molecule has 142 valence electrons. The molecule has 27 heavy (non-hydrogen) atoms. The molecule has 2 rings (SSSR count). The van der Waals surface area contributed by atoms with Crippen LogP contribution in [0.5, 0.6) is 11.5 Å². The molecule has 6 N–H and O–H groups in total. The van der Waals surface area contributed by atoms with E-state index < -0.39 is 5.91 Å². The standard InChI is InChI=1S/C18H19ClN4O4/c1-22-16(25)9-27-15-6-10(17(20)21)2-3-11(15)8-23-18(26)12-4-13(19)7-14(24)5-12/h2-7,24H,8-9H2,1H3,(H3,20,21)(H,22,25)(H,23,26). The maximum atomic E-state index is 12.3. The monoisotopic (exact) mass is 390 g/mol. The van der Waals surface area contributed by atoms with E-state index in [1.165, 1.54) is 31.3 Å². The van der Waals surface area contributed by atoms with E-state index in [0.717, 1.165) is 0 Å². The number of carbonyl (C=O) groups excluding carboxylic acids is 2. The molecule has 0 bridgehead atoms. The SMILES string of the molecule is CNC(=O)COc1cc(C(=N)N)ccc1CNC(=O)c1cc(O)cc(Cl)c1. The van der Waals surface area contributed by atoms with Gasteiger partial charge in [0.2, 0.25) is 0 Å². The summed E-state index contributed by atoms with van der Waals surface area (Å²) in [7, 11) is 1.49. The minimum atomic E-state index is -0.444. The van der Waals surface area contributed by atoms with Crippen molar-refractivity contribution < 1.29 is 19.4 Å². The lowest BCUT2D eigenvalue weighted by Crippen LogP contribution is -2.26. The van der Waals surface area contributed by atoms with Crippen LogP contribution in [-0.4, -0.2) is 36.4 Å². The first-order chi connectivity index (χ1) is 12.8. The topological polar surface area (TPSA) is 138 Å². The Balaban J connectivity index is 2.17. The minimum Gasteiger partial charge on any atom is -0.508 e. The van der Waals surface area contributed by atoms with Crippen LogP contribution in [0, 0.1) is 5.41 Å². The normalized spacial score (nSPS) is 10.1. The van der Waals surface area contributed by atoms with Gasteiger partial charge < -0.3 is 26.2 Å². The number of rotatable bonds is 7. The molecule has 0 aliphatic carbocycles. The molecule has 0 fully saturated rings. The summed E-state index contributed by atoms with van der Waals surface area (Å²) < 4.78 is 5.48. The van der Waals surface area contributed by atoms with Gasteiger partial charge in [0.25, 0.3) is 11.8 Å². The zero-order chi connectivity index (χ0) is 20.0. The van der Waals surface area contributed by atoms with Crippen molar-refractivity contribution in [3.63, 3.8) is 0 Å². The predicted octanol–water partition coefficient (Wildman–Crippen LogP) is 1.38. The molecule has 2 aromatic carbocycles. The molecule has 0 heterocycles. The molecule has 0 aliphatic rings. The van der Waals surface area contributed by atoms with Gasteiger partial charge in [-0.05, 0) is 24.3 Å². The fraction of sp³-hybridized carbons (Fsp3) is 0.167. The summed E-state index contributed by atoms with van der Waals surface area (Å²) in [6.07, 6.45) is 0. The van der Waals surface area contributed by atoms with Crippen LogP contribution >= 0.6 is 11.6 Å². The Morgan fingerprint density at radius 1 is 1.22 bits per heavy atom. The van der Waals surface area contributed by atoms with Crippen molar-refractivity contribution >= 4 is 29.3 Å². The van der Waals surface area contributed by atoms with Crippen molar-refractivity contribution in [3.05, 3.63) is 58.1 Å². The zero-order valence-electron chi connectivity index (χ0n) is 14.5. The van der Waals surface area contributed by atoms with Gasteiger partial charge in [0.15, 0.2) is 6.61 Å². The van der Waals surface area contributed by atoms with E-state index in [9.17, 15) is 14.7 Å². The van der Waals surface area contributed by atoms with Gasteiger partial charge in [0.1, 0.15) is 17.3 Å². The summed E-state index contributed by atoms with van der Waals surface area (Å²) in [6, 6.07) is 8.83. The third kappa shape index (κ3) is 5.61. The molecule has 9 heteroatoms. The molecule has 0 unspecified atom stereocenters. The van der Waals surface area contributed by atoms with E-state index in [4.69, 9.17) is 27.5 Å². The van der Waals surface area contributed by atoms with E-state index in [1.807, 2.05) is 0 Å². The summed E-state index contributed by atoms with van der Waals surface area (Å²) in [6.45, 7) is -0.131. The largest absolute Gasteiger partial charge is 0.508 e. The number of nitrogens with two attached hydrogens (primary N) is 1. The second-order valence-corrected chi connectivity index (χ2v) is 6.02. The number of ether oxygens (including phenoxy) is 1. The average molecular weight is 391 g/mol. The number of hydrogen-bond donors (Lipinski definition) is 5. The number of nitrogens with one attached hydrogen (secondary N) is 3. The van der Waals surface area contributed by atoms with Gasteiger partial charge in [-0.3, -0.25) is 15.0 Å². The molecular formula is C18H19ClN4O4. The molecule has 2 aromatic rings. The highest BCUT2D eigenvalue weighted by Crippen LogP contribution is 2.22. The highest BCUT2D eigenvalue weighted by atomic mass is 35.5. The Bertz CT molecular complexity index is 865. The fourth-order valence-electron chi connectivity index (χ4n) is 2.20. The number of phenolic OH excluding ortho intramolecular Hbond substituents is 1. The molecule has 8 nitrogen and oxygen atoms in total. The summed E-state index contributed by atoms with van der Waals surface area (Å²) >= 11 is 5.84. The molecule has 0 spiro atoms. The second kappa shape index (κ2) is 8.91. The maximum absolute atomic E-state index is 12.3. The number of carbonyl (C=O) groups is 2. The lowest BCUT2D eigenvalue weighted by Gasteiger charge is -2.13. The van der Waals surface area contributed by atoms with Crippen molar-refractivity contribution in [3.8, 4) is 11.5 Å². The van der Waals surface area contributed by atoms with Crippen LogP contribution in [0.15, 0.2) is 36.4 Å². The Morgan fingerprint density at radius 3 is 2.59 bits per heavy atom. The van der Waals surface area contributed by atoms with Gasteiger partial charge >= 0.3 is 0 Å². The van der Waals surface area contributed by atoms with Crippen LogP contribution in [0.4, 0.5) is 0 Å². The molecule has 0 aromatic heterocycles. The van der Waals surface area contributed by atoms with Crippen molar-refractivity contribution in [2.75, 3.05) is 13.7 Å². The third-order valence-corrected chi connectivity index (χ3v) is 3.82. The fourth-order valence-corrected chi connectivity index (χ4v) is 2.43. The lowest BCUT2D eigenvalue weighted by molar-refractivity contribution is -0.122. The van der Waals surface area contributed by atoms with Gasteiger partial charge in [-0.1, -0.05) is 23.7 Å². The molecule has 2 amide bonds. The number of amidine groups is 1. The van der Waals surface area contributed by atoms with Crippen molar-refractivity contribution in [2.24, 2.45) is 5.73 Å². The Morgan fingerprint density at radius 2 is 1.96 bits per heavy atom. The molecule has 0 aliphatic heterocycles. The van der Waals surface area contributed by atoms with Gasteiger partial charge in [-0.25, -0.2) is 0 Å². The van der Waals surface area contributed by atoms with E-state index in [1.54, 1.807) is 12.1 Å². The first-order valence-corrected chi connectivity index (χ1v) is 8.26. The lowest BCUT2D eigenvalue weighted by atomic mass is 10.1. The molecular weight excluding hydrogens is 372 g/mol. The average Bonchev–Trinajstić information content (AvgIpc) is 2.63. The van der Waals surface area contributed by atoms with Crippen molar-refractivity contribution in [2.45, 2.75) is 6.54 Å². The van der Waals surface area contributed by atoms with Crippen LogP contribution in [-0.2, 0) is 11.3 Å². The summed E-state index contributed by atoms with van der Waals surface area (Å²) in [5, 5.41) is 22.4. The van der Waals surface area contributed by atoms with Gasteiger partial charge in [-0.15, -0.1) is 0 Å². The molecule has 0 saturated carbocycles. The molecule has 0 radical (unpaired) electrons. The summed E-state index contributed by atoms with van der Waals surface area (Å²) in [5.41, 5.74) is 6.70. The quantitative estimate of drug-likeness (QED) is 0.359. The number of halogens is 1. The molecule has 0 saturated heterocycles. The Labute approximate surface area is 160 Å². The maximum Gasteiger partial charge on any atom is 0.257 e. The van der Waals surface area contributed by atoms with Crippen LogP contribution in [0.2, 0.25) is 5.02 Å². The second-order valence-electron chi connectivity index (χ2n) is 5.58. The van der Waals surface area contributed by atoms with Crippen LogP contribution in [0.1, 0.15) is 21.5 Å². The van der Waals surface area contributed by atoms with E-state index in [0.29, 0.717) is 16.9 Å². The van der Waals surface area contributed by atoms with E-state index >= 15 is 0 Å². The van der Waals surface area contributed by atoms with Gasteiger partial charge in [0.05, 0.1) is 0 Å². The number of amides is 2. The van der Waals surface area contributed by atoms with Gasteiger partial charge in [-0.2, -0.15) is 0 Å². The number of nitrogen functional groups attached to an aromatic ring is 1. The van der Waals surface area contributed by atoms with E-state index in [-0.39, 0.29) is 41.2 Å². The Kier molecular flexibility index (Phi) is 6.62. The van der Waals surface area contributed by atoms with Gasteiger partial charge in [0, 0.05) is 35.3 Å². The summed E-state index contributed by atoms with van der Waals surface area (Å²) in [5.74, 6) is -0.716. The number of aromatic hydroxyl groups is 1. The van der Waals surface area contributed by atoms with Crippen molar-refractivity contribution in [1.82, 2.24) is 10.6 Å². The first kappa shape index (κ1) is 20.1. The number of hydrogen-bond acceptors (Lipinski definition) is 5. The number of phenols is 1. The van der Waals surface area contributed by atoms with Crippen LogP contribution in [0.3, 0.4) is 0 Å². The summed E-state index contributed by atoms with van der Waals surface area (Å²) in [4.78, 5) is 23.7. The number of benzene rings is 2. The van der Waals surface area contributed by atoms with Crippen LogP contribution in [0.25, 0.3) is 0 Å². The molecule has 0 atom stereocenters. The smallest absolute Gasteiger partial charge is 0.257 e. The predicted molar refractivity (Wildman–Crippen MR) is 101 cm³/mol. The van der Waals surface area contributed by atoms with Crippen LogP contribution < -0.4 is 21.1 Å². The zero-order valence-corrected chi connectivity index (χ0v) is 15.3. The van der Waals surface area contributed by atoms with Crippen molar-refractivity contribution in [1.29, 1.82) is 5.41 Å². The minimum absolute atomic E-state index is 0.0906. The number of likely N-dealkylation sites (N-methyl/N-ethyl adjacent to an activating group) is 1. The first-order valence-electron chi connectivity index (χ1n) is 7.88. The Hall–Kier alpha value is -3.26.